The molecule has 0 spiro atoms. The standard InChI is InChI=1S/C15H15F2N3O3/c1-2-11-15(23)18-12(20(19-11)8-13(21)22)7-6-9-4-3-5-10(16)14(9)17/h3-5H,2,6-8H2,1H3,(H,21,22). The van der Waals surface area contributed by atoms with E-state index in [0.29, 0.717) is 6.42 Å². The number of aryl methyl sites for hydroxylation is 3. The van der Waals surface area contributed by atoms with Gasteiger partial charge in [-0.25, -0.2) is 13.5 Å². The minimum atomic E-state index is -1.14. The first-order chi connectivity index (χ1) is 10.9. The highest BCUT2D eigenvalue weighted by molar-refractivity contribution is 5.66. The maximum atomic E-state index is 13.6. The summed E-state index contributed by atoms with van der Waals surface area (Å²) < 4.78 is 27.9. The summed E-state index contributed by atoms with van der Waals surface area (Å²) in [7, 11) is 0. The van der Waals surface area contributed by atoms with Crippen LogP contribution in [-0.4, -0.2) is 25.8 Å². The van der Waals surface area contributed by atoms with Gasteiger partial charge in [0.1, 0.15) is 18.1 Å². The SMILES string of the molecule is CCc1nn(CC(=O)O)c(CCc2cccc(F)c2F)nc1=O. The Kier molecular flexibility index (Phi) is 5.15. The fourth-order valence-electron chi connectivity index (χ4n) is 2.14. The van der Waals surface area contributed by atoms with Crippen LogP contribution in [-0.2, 0) is 30.6 Å². The van der Waals surface area contributed by atoms with Crippen LogP contribution in [0.2, 0.25) is 0 Å². The lowest BCUT2D eigenvalue weighted by Gasteiger charge is -2.11. The number of hydrogen-bond acceptors (Lipinski definition) is 4. The van der Waals surface area contributed by atoms with E-state index >= 15 is 0 Å². The monoisotopic (exact) mass is 323 g/mol. The molecule has 0 aliphatic carbocycles. The van der Waals surface area contributed by atoms with Crippen molar-refractivity contribution < 1.29 is 18.7 Å². The average molecular weight is 323 g/mol. The Morgan fingerprint density at radius 2 is 2.04 bits per heavy atom. The summed E-state index contributed by atoms with van der Waals surface area (Å²) in [5, 5.41) is 12.9. The Morgan fingerprint density at radius 3 is 2.70 bits per heavy atom. The summed E-state index contributed by atoms with van der Waals surface area (Å²) in [6.07, 6.45) is 0.465. The largest absolute Gasteiger partial charge is 0.480 e. The molecule has 122 valence electrons. The van der Waals surface area contributed by atoms with E-state index in [2.05, 4.69) is 10.1 Å². The van der Waals surface area contributed by atoms with Gasteiger partial charge in [-0.15, -0.1) is 0 Å². The third kappa shape index (κ3) is 3.97. The van der Waals surface area contributed by atoms with Crippen molar-refractivity contribution >= 4 is 5.97 Å². The van der Waals surface area contributed by atoms with Gasteiger partial charge in [0.15, 0.2) is 11.6 Å². The number of benzene rings is 1. The lowest BCUT2D eigenvalue weighted by Crippen LogP contribution is -2.27. The smallest absolute Gasteiger partial charge is 0.325 e. The van der Waals surface area contributed by atoms with Gasteiger partial charge < -0.3 is 5.11 Å². The van der Waals surface area contributed by atoms with E-state index in [9.17, 15) is 18.4 Å². The van der Waals surface area contributed by atoms with E-state index in [1.165, 1.54) is 12.1 Å². The highest BCUT2D eigenvalue weighted by atomic mass is 19.2. The molecule has 2 rings (SSSR count). The van der Waals surface area contributed by atoms with Crippen LogP contribution in [0.25, 0.3) is 0 Å². The van der Waals surface area contributed by atoms with E-state index in [-0.39, 0.29) is 29.9 Å². The number of hydrogen-bond donors (Lipinski definition) is 1. The van der Waals surface area contributed by atoms with Gasteiger partial charge >= 0.3 is 5.97 Å². The molecule has 1 N–H and O–H groups in total. The number of aromatic nitrogens is 3. The van der Waals surface area contributed by atoms with Crippen LogP contribution in [0.4, 0.5) is 8.78 Å². The maximum absolute atomic E-state index is 13.6. The second-order valence-electron chi connectivity index (χ2n) is 4.90. The van der Waals surface area contributed by atoms with E-state index in [1.807, 2.05) is 0 Å². The highest BCUT2D eigenvalue weighted by Crippen LogP contribution is 2.13. The molecule has 0 amide bonds. The zero-order valence-electron chi connectivity index (χ0n) is 12.4. The van der Waals surface area contributed by atoms with E-state index < -0.39 is 29.7 Å². The minimum absolute atomic E-state index is 0.0693. The molecule has 1 aromatic heterocycles. The van der Waals surface area contributed by atoms with Crippen molar-refractivity contribution in [3.63, 3.8) is 0 Å². The van der Waals surface area contributed by atoms with Crippen LogP contribution in [0.15, 0.2) is 23.0 Å². The van der Waals surface area contributed by atoms with Gasteiger partial charge in [0.2, 0.25) is 0 Å². The van der Waals surface area contributed by atoms with Gasteiger partial charge in [0.05, 0.1) is 0 Å². The third-order valence-electron chi connectivity index (χ3n) is 3.29. The first-order valence-electron chi connectivity index (χ1n) is 7.04. The Morgan fingerprint density at radius 1 is 1.30 bits per heavy atom. The summed E-state index contributed by atoms with van der Waals surface area (Å²) in [6, 6.07) is 3.81. The molecule has 1 aromatic carbocycles. The molecule has 23 heavy (non-hydrogen) atoms. The highest BCUT2D eigenvalue weighted by Gasteiger charge is 2.14. The molecule has 0 aliphatic heterocycles. The quantitative estimate of drug-likeness (QED) is 0.867. The van der Waals surface area contributed by atoms with Crippen molar-refractivity contribution in [1.29, 1.82) is 0 Å². The average Bonchev–Trinajstić information content (AvgIpc) is 2.50. The lowest BCUT2D eigenvalue weighted by atomic mass is 10.1. The number of carboxylic acids is 1. The van der Waals surface area contributed by atoms with Gasteiger partial charge in [0, 0.05) is 6.42 Å². The molecule has 1 heterocycles. The zero-order valence-corrected chi connectivity index (χ0v) is 12.4. The molecular formula is C15H15F2N3O3. The number of aliphatic carboxylic acids is 1. The summed E-state index contributed by atoms with van der Waals surface area (Å²) in [5.41, 5.74) is -0.253. The molecule has 6 nitrogen and oxygen atoms in total. The molecule has 0 atom stereocenters. The van der Waals surface area contributed by atoms with Crippen molar-refractivity contribution in [1.82, 2.24) is 14.8 Å². The molecule has 8 heteroatoms. The summed E-state index contributed by atoms with van der Waals surface area (Å²) in [5.74, 6) is -2.93. The molecule has 0 saturated carbocycles. The van der Waals surface area contributed by atoms with Gasteiger partial charge in [-0.1, -0.05) is 19.1 Å². The second kappa shape index (κ2) is 7.08. The molecule has 0 aliphatic rings. The predicted molar refractivity (Wildman–Crippen MR) is 77.1 cm³/mol. The Bertz CT molecular complexity index is 790. The van der Waals surface area contributed by atoms with Crippen LogP contribution in [0.1, 0.15) is 24.0 Å². The number of rotatable bonds is 6. The van der Waals surface area contributed by atoms with E-state index in [4.69, 9.17) is 5.11 Å². The van der Waals surface area contributed by atoms with Crippen molar-refractivity contribution in [2.75, 3.05) is 0 Å². The number of halogens is 2. The van der Waals surface area contributed by atoms with Gasteiger partial charge in [-0.2, -0.15) is 10.1 Å². The van der Waals surface area contributed by atoms with Gasteiger partial charge in [-0.3, -0.25) is 9.59 Å². The van der Waals surface area contributed by atoms with Crippen molar-refractivity contribution in [2.24, 2.45) is 0 Å². The van der Waals surface area contributed by atoms with Crippen molar-refractivity contribution in [3.05, 3.63) is 57.3 Å². The molecule has 0 unspecified atom stereocenters. The Hall–Kier alpha value is -2.64. The molecule has 0 radical (unpaired) electrons. The maximum Gasteiger partial charge on any atom is 0.325 e. The van der Waals surface area contributed by atoms with Crippen LogP contribution >= 0.6 is 0 Å². The Balaban J connectivity index is 2.31. The van der Waals surface area contributed by atoms with Crippen LogP contribution in [0, 0.1) is 11.6 Å². The summed E-state index contributed by atoms with van der Waals surface area (Å²) >= 11 is 0. The van der Waals surface area contributed by atoms with Crippen molar-refractivity contribution in [2.45, 2.75) is 32.7 Å². The zero-order chi connectivity index (χ0) is 17.0. The number of carboxylic acid groups (broad SMARTS) is 1. The molecule has 0 fully saturated rings. The molecule has 2 aromatic rings. The molecular weight excluding hydrogens is 308 g/mol. The van der Waals surface area contributed by atoms with Gasteiger partial charge in [-0.05, 0) is 24.5 Å². The van der Waals surface area contributed by atoms with Gasteiger partial charge in [0.25, 0.3) is 5.56 Å². The van der Waals surface area contributed by atoms with E-state index in [1.54, 1.807) is 6.92 Å². The van der Waals surface area contributed by atoms with Crippen LogP contribution < -0.4 is 5.56 Å². The first-order valence-corrected chi connectivity index (χ1v) is 7.04. The second-order valence-corrected chi connectivity index (χ2v) is 4.90. The normalized spacial score (nSPS) is 10.7. The lowest BCUT2D eigenvalue weighted by molar-refractivity contribution is -0.138. The van der Waals surface area contributed by atoms with Crippen LogP contribution in [0.3, 0.4) is 0 Å². The summed E-state index contributed by atoms with van der Waals surface area (Å²) in [6.45, 7) is 1.25. The fraction of sp³-hybridized carbons (Fsp3) is 0.333. The van der Waals surface area contributed by atoms with Crippen LogP contribution in [0.5, 0.6) is 0 Å². The summed E-state index contributed by atoms with van der Waals surface area (Å²) in [4.78, 5) is 26.5. The number of carbonyl (C=O) groups is 1. The third-order valence-corrected chi connectivity index (χ3v) is 3.29. The predicted octanol–water partition coefficient (Wildman–Crippen LogP) is 1.35. The molecule has 0 bridgehead atoms. The van der Waals surface area contributed by atoms with Crippen molar-refractivity contribution in [3.8, 4) is 0 Å². The first kappa shape index (κ1) is 16.7. The topological polar surface area (TPSA) is 85.1 Å². The van der Waals surface area contributed by atoms with E-state index in [0.717, 1.165) is 10.7 Å². The fourth-order valence-corrected chi connectivity index (χ4v) is 2.14. The number of nitrogens with zero attached hydrogens (tertiary/aromatic N) is 3. The molecule has 0 saturated heterocycles. The Labute approximate surface area is 130 Å². The minimum Gasteiger partial charge on any atom is -0.480 e.